The van der Waals surface area contributed by atoms with Gasteiger partial charge in [-0.15, -0.1) is 0 Å². The van der Waals surface area contributed by atoms with E-state index in [1.807, 2.05) is 31.2 Å². The van der Waals surface area contributed by atoms with Gasteiger partial charge in [0.2, 0.25) is 0 Å². The molecule has 25 heavy (non-hydrogen) atoms. The molecule has 0 bridgehead atoms. The number of rotatable bonds is 6. The van der Waals surface area contributed by atoms with Crippen LogP contribution < -0.4 is 14.8 Å². The van der Waals surface area contributed by atoms with E-state index in [0.29, 0.717) is 46.1 Å². The van der Waals surface area contributed by atoms with E-state index in [0.717, 1.165) is 24.3 Å². The van der Waals surface area contributed by atoms with Crippen molar-refractivity contribution < 1.29 is 23.7 Å². The van der Waals surface area contributed by atoms with E-state index in [2.05, 4.69) is 5.32 Å². The average molecular weight is 350 g/mol. The Morgan fingerprint density at radius 3 is 2.32 bits per heavy atom. The van der Waals surface area contributed by atoms with Crippen molar-refractivity contribution in [2.24, 2.45) is 0 Å². The third-order valence-electron chi connectivity index (χ3n) is 4.41. The summed E-state index contributed by atoms with van der Waals surface area (Å²) in [6.45, 7) is 6.05. The van der Waals surface area contributed by atoms with Gasteiger partial charge in [0.15, 0.2) is 5.79 Å². The molecule has 2 heterocycles. The van der Waals surface area contributed by atoms with Gasteiger partial charge in [-0.2, -0.15) is 0 Å². The Labute approximate surface area is 148 Å². The predicted octanol–water partition coefficient (Wildman–Crippen LogP) is 2.01. The van der Waals surface area contributed by atoms with Gasteiger partial charge >= 0.3 is 6.03 Å². The highest BCUT2D eigenvalue weighted by Gasteiger charge is 2.40. The summed E-state index contributed by atoms with van der Waals surface area (Å²) in [6.07, 6.45) is 1.45. The second-order valence-electron chi connectivity index (χ2n) is 6.08. The Bertz CT molecular complexity index is 547. The molecule has 0 saturated carbocycles. The number of ether oxygens (including phenoxy) is 4. The molecule has 1 aromatic rings. The molecular formula is C18H26N2O5. The molecule has 138 valence electrons. The molecule has 1 aromatic carbocycles. The Kier molecular flexibility index (Phi) is 5.99. The number of nitrogens with zero attached hydrogens (tertiary/aromatic N) is 1. The molecule has 0 unspecified atom stereocenters. The number of piperidine rings is 1. The molecule has 1 N–H and O–H groups in total. The number of nitrogens with one attached hydrogen (secondary N) is 1. The van der Waals surface area contributed by atoms with Crippen molar-refractivity contribution in [2.45, 2.75) is 25.6 Å². The Hall–Kier alpha value is -1.99. The second kappa shape index (κ2) is 8.40. The third-order valence-corrected chi connectivity index (χ3v) is 4.41. The molecule has 0 radical (unpaired) electrons. The number of amides is 2. The maximum Gasteiger partial charge on any atom is 0.317 e. The van der Waals surface area contributed by atoms with E-state index in [9.17, 15) is 4.79 Å². The molecule has 7 nitrogen and oxygen atoms in total. The van der Waals surface area contributed by atoms with Gasteiger partial charge in [-0.3, -0.25) is 0 Å². The number of hydrogen-bond donors (Lipinski definition) is 1. The monoisotopic (exact) mass is 350 g/mol. The lowest BCUT2D eigenvalue weighted by atomic mass is 10.0. The summed E-state index contributed by atoms with van der Waals surface area (Å²) in [5.74, 6) is 1.13. The Morgan fingerprint density at radius 2 is 1.72 bits per heavy atom. The van der Waals surface area contributed by atoms with E-state index >= 15 is 0 Å². The summed E-state index contributed by atoms with van der Waals surface area (Å²) < 4.78 is 22.4. The zero-order valence-corrected chi connectivity index (χ0v) is 14.7. The standard InChI is InChI=1S/C18H26N2O5/c1-2-22-15-3-5-16(6-4-15)23-12-9-19-17(21)20-10-7-18(8-11-20)24-13-14-25-18/h3-6H,2,7-14H2,1H3,(H,19,21). The summed E-state index contributed by atoms with van der Waals surface area (Å²) in [5, 5.41) is 2.89. The van der Waals surface area contributed by atoms with Crippen molar-refractivity contribution in [3.8, 4) is 11.5 Å². The smallest absolute Gasteiger partial charge is 0.317 e. The molecule has 2 fully saturated rings. The van der Waals surface area contributed by atoms with Gasteiger partial charge < -0.3 is 29.2 Å². The molecule has 1 spiro atoms. The summed E-state index contributed by atoms with van der Waals surface area (Å²) in [7, 11) is 0. The molecule has 2 aliphatic heterocycles. The first kappa shape index (κ1) is 17.8. The molecular weight excluding hydrogens is 324 g/mol. The lowest BCUT2D eigenvalue weighted by molar-refractivity contribution is -0.181. The number of carbonyl (C=O) groups is 1. The highest BCUT2D eigenvalue weighted by atomic mass is 16.7. The Morgan fingerprint density at radius 1 is 1.12 bits per heavy atom. The molecule has 7 heteroatoms. The van der Waals surface area contributed by atoms with Crippen LogP contribution in [0.25, 0.3) is 0 Å². The fourth-order valence-electron chi connectivity index (χ4n) is 3.07. The van der Waals surface area contributed by atoms with E-state index in [-0.39, 0.29) is 6.03 Å². The van der Waals surface area contributed by atoms with Crippen LogP contribution in [-0.2, 0) is 9.47 Å². The first-order valence-corrected chi connectivity index (χ1v) is 8.87. The van der Waals surface area contributed by atoms with Gasteiger partial charge in [0, 0.05) is 25.9 Å². The van der Waals surface area contributed by atoms with Crippen LogP contribution in [0.3, 0.4) is 0 Å². The first-order chi connectivity index (χ1) is 12.2. The van der Waals surface area contributed by atoms with Crippen LogP contribution in [0.5, 0.6) is 11.5 Å². The van der Waals surface area contributed by atoms with E-state index < -0.39 is 5.79 Å². The zero-order chi connectivity index (χ0) is 17.5. The van der Waals surface area contributed by atoms with Crippen LogP contribution in [0.1, 0.15) is 19.8 Å². The van der Waals surface area contributed by atoms with Gasteiger partial charge in [-0.25, -0.2) is 4.79 Å². The topological polar surface area (TPSA) is 69.3 Å². The van der Waals surface area contributed by atoms with Crippen LogP contribution in [-0.4, -0.2) is 62.8 Å². The molecule has 0 atom stereocenters. The minimum Gasteiger partial charge on any atom is -0.494 e. The van der Waals surface area contributed by atoms with Crippen LogP contribution in [0, 0.1) is 0 Å². The normalized spacial score (nSPS) is 19.0. The van der Waals surface area contributed by atoms with Crippen molar-refractivity contribution in [2.75, 3.05) is 46.1 Å². The largest absolute Gasteiger partial charge is 0.494 e. The maximum atomic E-state index is 12.2. The number of benzene rings is 1. The van der Waals surface area contributed by atoms with Crippen molar-refractivity contribution >= 4 is 6.03 Å². The van der Waals surface area contributed by atoms with Crippen LogP contribution in [0.4, 0.5) is 4.79 Å². The highest BCUT2D eigenvalue weighted by molar-refractivity contribution is 5.74. The maximum absolute atomic E-state index is 12.2. The molecule has 0 aromatic heterocycles. The SMILES string of the molecule is CCOc1ccc(OCCNC(=O)N2CCC3(CC2)OCCO3)cc1. The fraction of sp³-hybridized carbons (Fsp3) is 0.611. The highest BCUT2D eigenvalue weighted by Crippen LogP contribution is 2.31. The molecule has 2 amide bonds. The van der Waals surface area contributed by atoms with Gasteiger partial charge in [-0.05, 0) is 31.2 Å². The fourth-order valence-corrected chi connectivity index (χ4v) is 3.07. The van der Waals surface area contributed by atoms with Crippen LogP contribution in [0.2, 0.25) is 0 Å². The summed E-state index contributed by atoms with van der Waals surface area (Å²) in [6, 6.07) is 7.39. The zero-order valence-electron chi connectivity index (χ0n) is 14.7. The predicted molar refractivity (Wildman–Crippen MR) is 91.9 cm³/mol. The minimum atomic E-state index is -0.451. The van der Waals surface area contributed by atoms with Gasteiger partial charge in [0.1, 0.15) is 18.1 Å². The minimum absolute atomic E-state index is 0.0665. The number of urea groups is 1. The van der Waals surface area contributed by atoms with Gasteiger partial charge in [0.25, 0.3) is 0 Å². The lowest BCUT2D eigenvalue weighted by Gasteiger charge is -2.37. The number of likely N-dealkylation sites (tertiary alicyclic amines) is 1. The van der Waals surface area contributed by atoms with E-state index in [4.69, 9.17) is 18.9 Å². The van der Waals surface area contributed by atoms with Crippen molar-refractivity contribution in [3.05, 3.63) is 24.3 Å². The van der Waals surface area contributed by atoms with Crippen LogP contribution >= 0.6 is 0 Å². The molecule has 3 rings (SSSR count). The lowest BCUT2D eigenvalue weighted by Crippen LogP contribution is -2.50. The van der Waals surface area contributed by atoms with Crippen molar-refractivity contribution in [3.63, 3.8) is 0 Å². The number of carbonyl (C=O) groups excluding carboxylic acids is 1. The summed E-state index contributed by atoms with van der Waals surface area (Å²) >= 11 is 0. The first-order valence-electron chi connectivity index (χ1n) is 8.87. The summed E-state index contributed by atoms with van der Waals surface area (Å²) in [4.78, 5) is 14.0. The van der Waals surface area contributed by atoms with Gasteiger partial charge in [-0.1, -0.05) is 0 Å². The Balaban J connectivity index is 1.33. The van der Waals surface area contributed by atoms with Gasteiger partial charge in [0.05, 0.1) is 26.4 Å². The van der Waals surface area contributed by atoms with E-state index in [1.54, 1.807) is 4.90 Å². The summed E-state index contributed by atoms with van der Waals surface area (Å²) in [5.41, 5.74) is 0. The van der Waals surface area contributed by atoms with Crippen molar-refractivity contribution in [1.29, 1.82) is 0 Å². The third kappa shape index (κ3) is 4.76. The number of hydrogen-bond acceptors (Lipinski definition) is 5. The molecule has 2 saturated heterocycles. The quantitative estimate of drug-likeness (QED) is 0.795. The van der Waals surface area contributed by atoms with Crippen LogP contribution in [0.15, 0.2) is 24.3 Å². The molecule has 0 aliphatic carbocycles. The average Bonchev–Trinajstić information content (AvgIpc) is 3.09. The second-order valence-corrected chi connectivity index (χ2v) is 6.08. The van der Waals surface area contributed by atoms with Crippen molar-refractivity contribution in [1.82, 2.24) is 10.2 Å². The molecule has 2 aliphatic rings. The van der Waals surface area contributed by atoms with E-state index in [1.165, 1.54) is 0 Å².